The van der Waals surface area contributed by atoms with Crippen molar-refractivity contribution in [3.8, 4) is 17.2 Å². The number of rotatable bonds is 6. The van der Waals surface area contributed by atoms with Gasteiger partial charge in [0.25, 0.3) is 5.91 Å². The average molecular weight is 417 g/mol. The maximum absolute atomic E-state index is 13.6. The Morgan fingerprint density at radius 3 is 2.19 bits per heavy atom. The van der Waals surface area contributed by atoms with Gasteiger partial charge in [0, 0.05) is 18.2 Å². The number of carbonyl (C=O) groups excluding carboxylic acids is 1. The summed E-state index contributed by atoms with van der Waals surface area (Å²) in [4.78, 5) is 18.0. The van der Waals surface area contributed by atoms with Crippen LogP contribution in [0.4, 0.5) is 0 Å². The minimum atomic E-state index is -0.265. The molecule has 0 N–H and O–H groups in total. The first kappa shape index (κ1) is 20.4. The fraction of sp³-hybridized carbons (Fsp3) is 0.208. The van der Waals surface area contributed by atoms with Gasteiger partial charge in [-0.3, -0.25) is 9.78 Å². The minimum Gasteiger partial charge on any atom is -0.493 e. The molecule has 3 aromatic rings. The monoisotopic (exact) mass is 417 g/mol. The summed E-state index contributed by atoms with van der Waals surface area (Å²) in [5, 5.41) is 6.18. The van der Waals surface area contributed by atoms with Crippen molar-refractivity contribution >= 4 is 11.6 Å². The lowest BCUT2D eigenvalue weighted by Crippen LogP contribution is -2.27. The van der Waals surface area contributed by atoms with Crippen LogP contribution >= 0.6 is 0 Å². The zero-order valence-corrected chi connectivity index (χ0v) is 17.6. The Balaban J connectivity index is 1.77. The van der Waals surface area contributed by atoms with E-state index in [1.807, 2.05) is 48.5 Å². The van der Waals surface area contributed by atoms with Gasteiger partial charge >= 0.3 is 0 Å². The summed E-state index contributed by atoms with van der Waals surface area (Å²) in [5.74, 6) is 0.989. The fourth-order valence-electron chi connectivity index (χ4n) is 3.66. The number of benzene rings is 2. The van der Waals surface area contributed by atoms with E-state index in [9.17, 15) is 4.79 Å². The zero-order valence-electron chi connectivity index (χ0n) is 17.6. The molecule has 0 spiro atoms. The Hall–Kier alpha value is -3.87. The van der Waals surface area contributed by atoms with E-state index < -0.39 is 0 Å². The Morgan fingerprint density at radius 1 is 0.935 bits per heavy atom. The normalized spacial score (nSPS) is 15.4. The van der Waals surface area contributed by atoms with E-state index in [0.29, 0.717) is 29.2 Å². The lowest BCUT2D eigenvalue weighted by molar-refractivity contribution is 0.0710. The largest absolute Gasteiger partial charge is 0.493 e. The van der Waals surface area contributed by atoms with Crippen LogP contribution in [0.25, 0.3) is 0 Å². The molecule has 1 aliphatic rings. The third-order valence-electron chi connectivity index (χ3n) is 5.18. The van der Waals surface area contributed by atoms with Gasteiger partial charge in [-0.25, -0.2) is 5.01 Å². The molecule has 1 aliphatic heterocycles. The second-order valence-electron chi connectivity index (χ2n) is 6.96. The van der Waals surface area contributed by atoms with Crippen molar-refractivity contribution in [1.82, 2.24) is 9.99 Å². The van der Waals surface area contributed by atoms with Crippen LogP contribution in [-0.4, -0.2) is 42.9 Å². The molecule has 7 heteroatoms. The molecule has 0 saturated heterocycles. The number of carbonyl (C=O) groups is 1. The number of aromatic nitrogens is 1. The molecule has 1 aromatic heterocycles. The maximum atomic E-state index is 13.6. The van der Waals surface area contributed by atoms with Crippen molar-refractivity contribution in [2.24, 2.45) is 5.10 Å². The molecule has 7 nitrogen and oxygen atoms in total. The fourth-order valence-corrected chi connectivity index (χ4v) is 3.66. The van der Waals surface area contributed by atoms with Gasteiger partial charge in [-0.2, -0.15) is 5.10 Å². The standard InChI is InChI=1S/C24H23N3O4/c1-29-21-13-17(14-22(30-2)23(21)31-3)24(28)27-20(16-9-5-4-6-10-16)15-19(26-27)18-11-7-8-12-25-18/h4-14,20H,15H2,1-3H3/t20-/m1/s1. The van der Waals surface area contributed by atoms with E-state index in [0.717, 1.165) is 17.0 Å². The van der Waals surface area contributed by atoms with Crippen LogP contribution in [0.15, 0.2) is 72.0 Å². The zero-order chi connectivity index (χ0) is 21.8. The molecule has 0 bridgehead atoms. The minimum absolute atomic E-state index is 0.246. The molecular formula is C24H23N3O4. The number of pyridine rings is 1. The highest BCUT2D eigenvalue weighted by atomic mass is 16.5. The van der Waals surface area contributed by atoms with Crippen LogP contribution in [0.5, 0.6) is 17.2 Å². The smallest absolute Gasteiger partial charge is 0.274 e. The van der Waals surface area contributed by atoms with Crippen molar-refractivity contribution in [3.63, 3.8) is 0 Å². The van der Waals surface area contributed by atoms with Crippen LogP contribution < -0.4 is 14.2 Å². The molecule has 1 amide bonds. The molecule has 158 valence electrons. The van der Waals surface area contributed by atoms with E-state index in [1.54, 1.807) is 18.3 Å². The number of methoxy groups -OCH3 is 3. The third-order valence-corrected chi connectivity index (χ3v) is 5.18. The van der Waals surface area contributed by atoms with Crippen molar-refractivity contribution < 1.29 is 19.0 Å². The summed E-state index contributed by atoms with van der Waals surface area (Å²) < 4.78 is 16.2. The SMILES string of the molecule is COc1cc(C(=O)N2N=C(c3ccccn3)C[C@@H]2c2ccccc2)cc(OC)c1OC. The van der Waals surface area contributed by atoms with E-state index >= 15 is 0 Å². The highest BCUT2D eigenvalue weighted by Crippen LogP contribution is 2.40. The van der Waals surface area contributed by atoms with Gasteiger partial charge in [-0.15, -0.1) is 0 Å². The van der Waals surface area contributed by atoms with Gasteiger partial charge in [0.2, 0.25) is 5.75 Å². The number of hydrogen-bond donors (Lipinski definition) is 0. The van der Waals surface area contributed by atoms with Gasteiger partial charge in [0.1, 0.15) is 0 Å². The van der Waals surface area contributed by atoms with Crippen LogP contribution in [0.3, 0.4) is 0 Å². The Morgan fingerprint density at radius 2 is 1.61 bits per heavy atom. The van der Waals surface area contributed by atoms with Gasteiger partial charge in [0.05, 0.1) is 38.8 Å². The number of hydrogen-bond acceptors (Lipinski definition) is 6. The highest BCUT2D eigenvalue weighted by Gasteiger charge is 2.34. The second kappa shape index (κ2) is 8.87. The van der Waals surface area contributed by atoms with Crippen molar-refractivity contribution in [2.75, 3.05) is 21.3 Å². The molecule has 0 saturated carbocycles. The highest BCUT2D eigenvalue weighted by molar-refractivity contribution is 6.04. The lowest BCUT2D eigenvalue weighted by Gasteiger charge is -2.23. The Kier molecular flexibility index (Phi) is 5.84. The first-order valence-electron chi connectivity index (χ1n) is 9.83. The summed E-state index contributed by atoms with van der Waals surface area (Å²) in [7, 11) is 4.56. The van der Waals surface area contributed by atoms with Gasteiger partial charge in [-0.05, 0) is 29.8 Å². The van der Waals surface area contributed by atoms with E-state index in [4.69, 9.17) is 14.2 Å². The molecule has 1 atom stereocenters. The maximum Gasteiger partial charge on any atom is 0.274 e. The van der Waals surface area contributed by atoms with Crippen molar-refractivity contribution in [2.45, 2.75) is 12.5 Å². The average Bonchev–Trinajstić information content (AvgIpc) is 3.29. The van der Waals surface area contributed by atoms with Crippen LogP contribution in [0, 0.1) is 0 Å². The summed E-state index contributed by atoms with van der Waals surface area (Å²) in [6, 6.07) is 18.5. The lowest BCUT2D eigenvalue weighted by atomic mass is 10.00. The van der Waals surface area contributed by atoms with E-state index in [-0.39, 0.29) is 11.9 Å². The van der Waals surface area contributed by atoms with Gasteiger partial charge in [-0.1, -0.05) is 36.4 Å². The summed E-state index contributed by atoms with van der Waals surface area (Å²) >= 11 is 0. The first-order chi connectivity index (χ1) is 15.2. The summed E-state index contributed by atoms with van der Waals surface area (Å²) in [5.41, 5.74) is 2.90. The summed E-state index contributed by atoms with van der Waals surface area (Å²) in [6.07, 6.45) is 2.29. The van der Waals surface area contributed by atoms with Gasteiger partial charge < -0.3 is 14.2 Å². The van der Waals surface area contributed by atoms with Crippen molar-refractivity contribution in [3.05, 3.63) is 83.7 Å². The number of ether oxygens (including phenoxy) is 3. The molecule has 0 unspecified atom stereocenters. The number of amides is 1. The quantitative estimate of drug-likeness (QED) is 0.604. The molecule has 2 aromatic carbocycles. The molecule has 2 heterocycles. The van der Waals surface area contributed by atoms with E-state index in [1.165, 1.54) is 26.3 Å². The van der Waals surface area contributed by atoms with Gasteiger partial charge in [0.15, 0.2) is 11.5 Å². The molecule has 4 rings (SSSR count). The molecule has 0 radical (unpaired) electrons. The first-order valence-corrected chi connectivity index (χ1v) is 9.83. The van der Waals surface area contributed by atoms with Crippen LogP contribution in [-0.2, 0) is 0 Å². The summed E-state index contributed by atoms with van der Waals surface area (Å²) in [6.45, 7) is 0. The Labute approximate surface area is 180 Å². The molecule has 0 aliphatic carbocycles. The van der Waals surface area contributed by atoms with Crippen LogP contribution in [0.2, 0.25) is 0 Å². The van der Waals surface area contributed by atoms with E-state index in [2.05, 4.69) is 10.1 Å². The number of nitrogens with zero attached hydrogens (tertiary/aromatic N) is 3. The second-order valence-corrected chi connectivity index (χ2v) is 6.96. The predicted octanol–water partition coefficient (Wildman–Crippen LogP) is 4.10. The third kappa shape index (κ3) is 3.94. The van der Waals surface area contributed by atoms with Crippen molar-refractivity contribution in [1.29, 1.82) is 0 Å². The topological polar surface area (TPSA) is 73.2 Å². The Bertz CT molecular complexity index is 1080. The van der Waals surface area contributed by atoms with Crippen LogP contribution in [0.1, 0.15) is 34.1 Å². The predicted molar refractivity (Wildman–Crippen MR) is 117 cm³/mol. The number of hydrazone groups is 1. The molecular weight excluding hydrogens is 394 g/mol. The molecule has 31 heavy (non-hydrogen) atoms. The molecule has 0 fully saturated rings.